The van der Waals surface area contributed by atoms with Gasteiger partial charge in [-0.15, -0.1) is 0 Å². The van der Waals surface area contributed by atoms with Gasteiger partial charge in [-0.05, 0) is 72.4 Å². The van der Waals surface area contributed by atoms with Crippen molar-refractivity contribution in [3.05, 3.63) is 84.2 Å². The van der Waals surface area contributed by atoms with Crippen LogP contribution >= 0.6 is 0 Å². The number of sulfonamides is 1. The molecule has 1 saturated carbocycles. The molecule has 0 aliphatic heterocycles. The first-order chi connectivity index (χ1) is 16.7. The first-order valence-electron chi connectivity index (χ1n) is 11.5. The van der Waals surface area contributed by atoms with Crippen LogP contribution in [0.25, 0.3) is 0 Å². The van der Waals surface area contributed by atoms with Crippen LogP contribution in [-0.4, -0.2) is 25.3 Å². The minimum Gasteiger partial charge on any atom is -0.457 e. The van der Waals surface area contributed by atoms with E-state index in [2.05, 4.69) is 17.1 Å². The molecule has 35 heavy (non-hydrogen) atoms. The van der Waals surface area contributed by atoms with Gasteiger partial charge in [-0.3, -0.25) is 9.29 Å². The van der Waals surface area contributed by atoms with E-state index < -0.39 is 22.0 Å². The number of halogens is 3. The van der Waals surface area contributed by atoms with Gasteiger partial charge in [0.2, 0.25) is 10.0 Å². The van der Waals surface area contributed by atoms with Crippen molar-refractivity contribution in [1.82, 2.24) is 4.98 Å². The van der Waals surface area contributed by atoms with E-state index in [1.807, 2.05) is 12.1 Å². The summed E-state index contributed by atoms with van der Waals surface area (Å²) < 4.78 is 70.9. The predicted molar refractivity (Wildman–Crippen MR) is 129 cm³/mol. The number of anilines is 1. The second-order valence-electron chi connectivity index (χ2n) is 8.74. The maximum Gasteiger partial charge on any atom is 0.404 e. The lowest BCUT2D eigenvalue weighted by Gasteiger charge is -2.25. The van der Waals surface area contributed by atoms with Crippen LogP contribution in [0.15, 0.2) is 73.1 Å². The van der Waals surface area contributed by atoms with Gasteiger partial charge in [0, 0.05) is 12.4 Å². The van der Waals surface area contributed by atoms with Crippen molar-refractivity contribution in [3.63, 3.8) is 0 Å². The Hall–Kier alpha value is -3.07. The summed E-state index contributed by atoms with van der Waals surface area (Å²) in [7, 11) is -4.68. The van der Waals surface area contributed by atoms with Gasteiger partial charge in [-0.25, -0.2) is 8.42 Å². The number of nitrogens with zero attached hydrogens (tertiary/aromatic N) is 2. The smallest absolute Gasteiger partial charge is 0.404 e. The van der Waals surface area contributed by atoms with E-state index >= 15 is 0 Å². The molecular weight excluding hydrogens is 477 g/mol. The molecule has 186 valence electrons. The van der Waals surface area contributed by atoms with Crippen molar-refractivity contribution in [3.8, 4) is 11.5 Å². The molecule has 1 heterocycles. The van der Waals surface area contributed by atoms with Crippen molar-refractivity contribution >= 4 is 15.7 Å². The van der Waals surface area contributed by atoms with E-state index in [1.54, 1.807) is 24.3 Å². The molecule has 9 heteroatoms. The molecular formula is C26H27F3N2O3S. The zero-order chi connectivity index (χ0) is 24.9. The zero-order valence-electron chi connectivity index (χ0n) is 19.1. The van der Waals surface area contributed by atoms with Crippen molar-refractivity contribution in [2.75, 3.05) is 10.1 Å². The van der Waals surface area contributed by atoms with E-state index in [4.69, 9.17) is 4.74 Å². The van der Waals surface area contributed by atoms with Gasteiger partial charge in [0.25, 0.3) is 0 Å². The van der Waals surface area contributed by atoms with Crippen LogP contribution in [0.1, 0.15) is 49.1 Å². The van der Waals surface area contributed by atoms with Crippen LogP contribution in [-0.2, 0) is 16.6 Å². The van der Waals surface area contributed by atoms with E-state index in [9.17, 15) is 21.6 Å². The minimum atomic E-state index is -4.86. The highest BCUT2D eigenvalue weighted by atomic mass is 32.2. The highest BCUT2D eigenvalue weighted by molar-refractivity contribution is 7.92. The number of hydrogen-bond donors (Lipinski definition) is 0. The Bertz CT molecular complexity index is 1190. The molecule has 0 unspecified atom stereocenters. The molecule has 0 amide bonds. The first kappa shape index (κ1) is 25.0. The summed E-state index contributed by atoms with van der Waals surface area (Å²) in [5.74, 6) is -0.282. The predicted octanol–water partition coefficient (Wildman–Crippen LogP) is 6.82. The molecule has 0 bridgehead atoms. The van der Waals surface area contributed by atoms with Gasteiger partial charge in [0.05, 0.1) is 12.2 Å². The van der Waals surface area contributed by atoms with Gasteiger partial charge >= 0.3 is 6.18 Å². The average Bonchev–Trinajstić information content (AvgIpc) is 2.83. The number of alkyl halides is 3. The molecule has 1 aliphatic rings. The van der Waals surface area contributed by atoms with Gasteiger partial charge < -0.3 is 4.74 Å². The average molecular weight is 505 g/mol. The van der Waals surface area contributed by atoms with Crippen molar-refractivity contribution in [2.45, 2.75) is 50.7 Å². The third-order valence-corrected chi connectivity index (χ3v) is 7.75. The standard InChI is InChI=1S/C26H27F3N2O3S/c27-26(28,29)19-35(32,33)31(18-20-5-4-16-30-17-20)23-10-14-25(15-11-23)34-24-12-8-22(9-13-24)21-6-2-1-3-7-21/h4-5,8-17,21H,1-3,6-7,18-19H2. The van der Waals surface area contributed by atoms with Gasteiger partial charge in [-0.1, -0.05) is 37.5 Å². The van der Waals surface area contributed by atoms with E-state index in [-0.39, 0.29) is 12.2 Å². The fraction of sp³-hybridized carbons (Fsp3) is 0.346. The largest absolute Gasteiger partial charge is 0.457 e. The number of hydrogen-bond acceptors (Lipinski definition) is 4. The molecule has 4 rings (SSSR count). The highest BCUT2D eigenvalue weighted by Gasteiger charge is 2.38. The Kier molecular flexibility index (Phi) is 7.64. The Labute approximate surface area is 203 Å². The summed E-state index contributed by atoms with van der Waals surface area (Å²) in [5.41, 5.74) is 1.88. The fourth-order valence-electron chi connectivity index (χ4n) is 4.35. The molecule has 5 nitrogen and oxygen atoms in total. The van der Waals surface area contributed by atoms with Crippen LogP contribution in [0, 0.1) is 0 Å². The molecule has 1 aliphatic carbocycles. The summed E-state index contributed by atoms with van der Waals surface area (Å²) in [6, 6.07) is 17.1. The molecule has 2 aromatic carbocycles. The van der Waals surface area contributed by atoms with Gasteiger partial charge in [0.15, 0.2) is 5.75 Å². The number of benzene rings is 2. The lowest BCUT2D eigenvalue weighted by atomic mass is 9.84. The molecule has 3 aromatic rings. The summed E-state index contributed by atoms with van der Waals surface area (Å²) >= 11 is 0. The molecule has 0 N–H and O–H groups in total. The second kappa shape index (κ2) is 10.7. The van der Waals surface area contributed by atoms with Crippen molar-refractivity contribution < 1.29 is 26.3 Å². The molecule has 0 radical (unpaired) electrons. The maximum absolute atomic E-state index is 13.0. The number of rotatable bonds is 8. The third kappa shape index (κ3) is 6.97. The fourth-order valence-corrected chi connectivity index (χ4v) is 5.71. The lowest BCUT2D eigenvalue weighted by Crippen LogP contribution is -2.37. The molecule has 0 saturated heterocycles. The number of aromatic nitrogens is 1. The molecule has 0 atom stereocenters. The van der Waals surface area contributed by atoms with Crippen LogP contribution < -0.4 is 9.04 Å². The van der Waals surface area contributed by atoms with Crippen molar-refractivity contribution in [2.24, 2.45) is 0 Å². The van der Waals surface area contributed by atoms with E-state index in [0.29, 0.717) is 23.0 Å². The molecule has 1 aromatic heterocycles. The van der Waals surface area contributed by atoms with Crippen LogP contribution in [0.4, 0.5) is 18.9 Å². The molecule has 1 fully saturated rings. The zero-order valence-corrected chi connectivity index (χ0v) is 19.9. The SMILES string of the molecule is O=S(=O)(CC(F)(F)F)N(Cc1cccnc1)c1ccc(Oc2ccc(C3CCCCC3)cc2)cc1. The normalized spacial score (nSPS) is 15.1. The Balaban J connectivity index is 1.50. The maximum atomic E-state index is 13.0. The first-order valence-corrected chi connectivity index (χ1v) is 13.1. The molecule has 0 spiro atoms. The van der Waals surface area contributed by atoms with Gasteiger partial charge in [-0.2, -0.15) is 13.2 Å². The summed E-state index contributed by atoms with van der Waals surface area (Å²) in [4.78, 5) is 3.92. The third-order valence-electron chi connectivity index (χ3n) is 6.05. The van der Waals surface area contributed by atoms with Crippen LogP contribution in [0.3, 0.4) is 0 Å². The van der Waals surface area contributed by atoms with Gasteiger partial charge in [0.1, 0.15) is 11.5 Å². The summed E-state index contributed by atoms with van der Waals surface area (Å²) in [5, 5.41) is 0. The second-order valence-corrected chi connectivity index (χ2v) is 10.6. The van der Waals surface area contributed by atoms with E-state index in [1.165, 1.54) is 62.2 Å². The number of pyridine rings is 1. The topological polar surface area (TPSA) is 59.5 Å². The summed E-state index contributed by atoms with van der Waals surface area (Å²) in [6.45, 7) is -0.269. The lowest BCUT2D eigenvalue weighted by molar-refractivity contribution is -0.106. The highest BCUT2D eigenvalue weighted by Crippen LogP contribution is 2.34. The van der Waals surface area contributed by atoms with Crippen LogP contribution in [0.5, 0.6) is 11.5 Å². The quantitative estimate of drug-likeness (QED) is 0.338. The Morgan fingerprint density at radius 2 is 1.54 bits per heavy atom. The summed E-state index contributed by atoms with van der Waals surface area (Å²) in [6.07, 6.45) is 4.28. The monoisotopic (exact) mass is 504 g/mol. The Morgan fingerprint density at radius 3 is 2.11 bits per heavy atom. The Morgan fingerprint density at radius 1 is 0.914 bits per heavy atom. The van der Waals surface area contributed by atoms with E-state index in [0.717, 1.165) is 4.31 Å². The minimum absolute atomic E-state index is 0.109. The van der Waals surface area contributed by atoms with Crippen LogP contribution in [0.2, 0.25) is 0 Å². The van der Waals surface area contributed by atoms with Crippen molar-refractivity contribution in [1.29, 1.82) is 0 Å². The number of ether oxygens (including phenoxy) is 1.